The lowest BCUT2D eigenvalue weighted by Crippen LogP contribution is -2.54. The Morgan fingerprint density at radius 3 is 2.39 bits per heavy atom. The molecule has 1 aliphatic rings. The van der Waals surface area contributed by atoms with Crippen molar-refractivity contribution < 1.29 is 4.92 Å². The molecule has 1 aromatic rings. The van der Waals surface area contributed by atoms with Crippen molar-refractivity contribution in [2.45, 2.75) is 37.6 Å². The first-order valence-corrected chi connectivity index (χ1v) is 8.30. The smallest absolute Gasteiger partial charge is 0.269 e. The first-order valence-electron chi connectivity index (χ1n) is 7.90. The minimum atomic E-state index is -0.412. The number of rotatable bonds is 5. The zero-order valence-electron chi connectivity index (χ0n) is 13.7. The van der Waals surface area contributed by atoms with Crippen LogP contribution in [0.1, 0.15) is 32.1 Å². The van der Waals surface area contributed by atoms with Gasteiger partial charge in [0.2, 0.25) is 0 Å². The molecule has 0 saturated heterocycles. The van der Waals surface area contributed by atoms with E-state index in [4.69, 9.17) is 12.2 Å². The van der Waals surface area contributed by atoms with E-state index in [1.165, 1.54) is 44.2 Å². The maximum atomic E-state index is 10.7. The van der Waals surface area contributed by atoms with Gasteiger partial charge >= 0.3 is 0 Å². The van der Waals surface area contributed by atoms with Gasteiger partial charge in [-0.2, -0.15) is 0 Å². The molecule has 0 aliphatic heterocycles. The number of likely N-dealkylation sites (N-methyl/N-ethyl adjacent to an activating group) is 1. The fraction of sp³-hybridized carbons (Fsp3) is 0.562. The summed E-state index contributed by atoms with van der Waals surface area (Å²) >= 11 is 5.35. The second-order valence-electron chi connectivity index (χ2n) is 6.29. The van der Waals surface area contributed by atoms with Gasteiger partial charge in [-0.1, -0.05) is 19.3 Å². The monoisotopic (exact) mass is 336 g/mol. The Morgan fingerprint density at radius 2 is 1.87 bits per heavy atom. The highest BCUT2D eigenvalue weighted by molar-refractivity contribution is 7.80. The molecule has 0 amide bonds. The summed E-state index contributed by atoms with van der Waals surface area (Å²) in [6.45, 7) is 0.804. The van der Waals surface area contributed by atoms with Gasteiger partial charge < -0.3 is 15.5 Å². The molecule has 2 N–H and O–H groups in total. The quantitative estimate of drug-likeness (QED) is 0.489. The summed E-state index contributed by atoms with van der Waals surface area (Å²) in [5.74, 6) is 0. The van der Waals surface area contributed by atoms with E-state index in [0.29, 0.717) is 5.11 Å². The second-order valence-corrected chi connectivity index (χ2v) is 6.70. The molecule has 6 nitrogen and oxygen atoms in total. The molecule has 2 rings (SSSR count). The van der Waals surface area contributed by atoms with Gasteiger partial charge in [0.1, 0.15) is 0 Å². The van der Waals surface area contributed by atoms with Crippen molar-refractivity contribution in [3.63, 3.8) is 0 Å². The number of nitro benzene ring substituents is 1. The van der Waals surface area contributed by atoms with Crippen LogP contribution in [0.15, 0.2) is 24.3 Å². The molecular weight excluding hydrogens is 312 g/mol. The molecule has 0 aromatic heterocycles. The summed E-state index contributed by atoms with van der Waals surface area (Å²) in [6.07, 6.45) is 6.16. The topological polar surface area (TPSA) is 70.4 Å². The van der Waals surface area contributed by atoms with Crippen LogP contribution in [0.25, 0.3) is 0 Å². The lowest BCUT2D eigenvalue weighted by atomic mass is 9.80. The van der Waals surface area contributed by atoms with Crippen molar-refractivity contribution in [2.75, 3.05) is 26.0 Å². The van der Waals surface area contributed by atoms with Crippen LogP contribution in [0, 0.1) is 10.1 Å². The number of non-ortho nitro benzene ring substituents is 1. The summed E-state index contributed by atoms with van der Waals surface area (Å²) < 4.78 is 0. The van der Waals surface area contributed by atoms with Crippen molar-refractivity contribution in [2.24, 2.45) is 0 Å². The maximum Gasteiger partial charge on any atom is 0.269 e. The molecule has 0 unspecified atom stereocenters. The third kappa shape index (κ3) is 4.62. The summed E-state index contributed by atoms with van der Waals surface area (Å²) in [7, 11) is 4.25. The molecule has 0 spiro atoms. The molecule has 0 radical (unpaired) electrons. The number of hydrogen-bond donors (Lipinski definition) is 2. The predicted octanol–water partition coefficient (Wildman–Crippen LogP) is 3.15. The Bertz CT molecular complexity index is 554. The highest BCUT2D eigenvalue weighted by Crippen LogP contribution is 2.31. The van der Waals surface area contributed by atoms with Crippen LogP contribution in [0.4, 0.5) is 11.4 Å². The van der Waals surface area contributed by atoms with Gasteiger partial charge in [-0.05, 0) is 51.3 Å². The minimum Gasteiger partial charge on any atom is -0.361 e. The third-order valence-corrected chi connectivity index (χ3v) is 4.89. The van der Waals surface area contributed by atoms with Gasteiger partial charge in [0.05, 0.1) is 4.92 Å². The number of benzene rings is 1. The Morgan fingerprint density at radius 1 is 1.26 bits per heavy atom. The summed E-state index contributed by atoms with van der Waals surface area (Å²) in [5.41, 5.74) is 0.971. The standard InChI is InChI=1S/C16H24N4O2S/c1-19(2)16(10-4-3-5-11-16)12-17-15(23)18-13-6-8-14(9-7-13)20(21)22/h6-9H,3-5,10-12H2,1-2H3,(H2,17,18,23). The molecule has 1 aliphatic carbocycles. The Balaban J connectivity index is 1.90. The summed E-state index contributed by atoms with van der Waals surface area (Å²) in [5, 5.41) is 17.6. The fourth-order valence-electron chi connectivity index (χ4n) is 3.08. The molecule has 0 atom stereocenters. The van der Waals surface area contributed by atoms with Crippen molar-refractivity contribution >= 4 is 28.7 Å². The highest BCUT2D eigenvalue weighted by Gasteiger charge is 2.34. The molecule has 1 aromatic carbocycles. The van der Waals surface area contributed by atoms with Crippen LogP contribution >= 0.6 is 12.2 Å². The van der Waals surface area contributed by atoms with Crippen molar-refractivity contribution in [1.29, 1.82) is 0 Å². The van der Waals surface area contributed by atoms with Gasteiger partial charge in [-0.3, -0.25) is 10.1 Å². The van der Waals surface area contributed by atoms with Crippen molar-refractivity contribution in [3.8, 4) is 0 Å². The number of anilines is 1. The van der Waals surface area contributed by atoms with Gasteiger partial charge in [-0.15, -0.1) is 0 Å². The Kier molecular flexibility index (Phi) is 5.90. The lowest BCUT2D eigenvalue weighted by molar-refractivity contribution is -0.384. The molecular formula is C16H24N4O2S. The zero-order chi connectivity index (χ0) is 16.9. The van der Waals surface area contributed by atoms with E-state index >= 15 is 0 Å². The van der Waals surface area contributed by atoms with Gasteiger partial charge in [0.15, 0.2) is 5.11 Å². The molecule has 0 bridgehead atoms. The van der Waals surface area contributed by atoms with E-state index < -0.39 is 4.92 Å². The van der Waals surface area contributed by atoms with E-state index in [-0.39, 0.29) is 11.2 Å². The van der Waals surface area contributed by atoms with Gasteiger partial charge in [0, 0.05) is 29.9 Å². The number of nitrogens with one attached hydrogen (secondary N) is 2. The summed E-state index contributed by atoms with van der Waals surface area (Å²) in [6, 6.07) is 6.25. The van der Waals surface area contributed by atoms with Crippen LogP contribution < -0.4 is 10.6 Å². The summed E-state index contributed by atoms with van der Waals surface area (Å²) in [4.78, 5) is 12.5. The normalized spacial score (nSPS) is 16.8. The molecule has 7 heteroatoms. The number of thiocarbonyl (C=S) groups is 1. The Labute approximate surface area is 142 Å². The van der Waals surface area contributed by atoms with Crippen LogP contribution in [-0.4, -0.2) is 41.1 Å². The van der Waals surface area contributed by atoms with Crippen LogP contribution in [0.2, 0.25) is 0 Å². The SMILES string of the molecule is CN(C)C1(CNC(=S)Nc2ccc([N+](=O)[O-])cc2)CCCCC1. The molecule has 23 heavy (non-hydrogen) atoms. The van der Waals surface area contributed by atoms with Gasteiger partial charge in [-0.25, -0.2) is 0 Å². The third-order valence-electron chi connectivity index (χ3n) is 4.65. The second kappa shape index (κ2) is 7.70. The molecule has 126 valence electrons. The van der Waals surface area contributed by atoms with Gasteiger partial charge in [0.25, 0.3) is 5.69 Å². The predicted molar refractivity (Wildman–Crippen MR) is 96.8 cm³/mol. The van der Waals surface area contributed by atoms with E-state index in [2.05, 4.69) is 29.6 Å². The number of nitrogens with zero attached hydrogens (tertiary/aromatic N) is 2. The highest BCUT2D eigenvalue weighted by atomic mass is 32.1. The average molecular weight is 336 g/mol. The average Bonchev–Trinajstić information content (AvgIpc) is 2.54. The minimum absolute atomic E-state index is 0.0724. The van der Waals surface area contributed by atoms with E-state index in [0.717, 1.165) is 12.2 Å². The fourth-order valence-corrected chi connectivity index (χ4v) is 3.27. The molecule has 1 saturated carbocycles. The largest absolute Gasteiger partial charge is 0.361 e. The van der Waals surface area contributed by atoms with E-state index in [1.807, 2.05) is 0 Å². The number of nitro groups is 1. The molecule has 1 fully saturated rings. The van der Waals surface area contributed by atoms with E-state index in [9.17, 15) is 10.1 Å². The Hall–Kier alpha value is -1.73. The first-order chi connectivity index (χ1) is 10.9. The van der Waals surface area contributed by atoms with Crippen molar-refractivity contribution in [3.05, 3.63) is 34.4 Å². The maximum absolute atomic E-state index is 10.7. The lowest BCUT2D eigenvalue weighted by Gasteiger charge is -2.43. The zero-order valence-corrected chi connectivity index (χ0v) is 14.5. The molecule has 0 heterocycles. The van der Waals surface area contributed by atoms with E-state index in [1.54, 1.807) is 12.1 Å². The first kappa shape index (κ1) is 17.6. The number of hydrogen-bond acceptors (Lipinski definition) is 4. The van der Waals surface area contributed by atoms with Crippen LogP contribution in [-0.2, 0) is 0 Å². The van der Waals surface area contributed by atoms with Crippen LogP contribution in [0.5, 0.6) is 0 Å². The van der Waals surface area contributed by atoms with Crippen LogP contribution in [0.3, 0.4) is 0 Å². The van der Waals surface area contributed by atoms with Crippen molar-refractivity contribution in [1.82, 2.24) is 10.2 Å².